The molecule has 0 saturated carbocycles. The molecule has 2 aliphatic heterocycles. The number of hydrogen-bond donors (Lipinski definition) is 1. The topological polar surface area (TPSA) is 119 Å². The number of aliphatic carboxylic acids is 1. The van der Waals surface area contributed by atoms with Crippen LogP contribution < -0.4 is 9.64 Å². The van der Waals surface area contributed by atoms with Crippen LogP contribution in [-0.2, 0) is 17.8 Å². The lowest BCUT2D eigenvalue weighted by Crippen LogP contribution is -2.49. The third-order valence-corrected chi connectivity index (χ3v) is 6.03. The highest BCUT2D eigenvalue weighted by molar-refractivity contribution is 6.31. The summed E-state index contributed by atoms with van der Waals surface area (Å²) in [5.41, 5.74) is 1.33. The Morgan fingerprint density at radius 3 is 2.90 bits per heavy atom. The van der Waals surface area contributed by atoms with Gasteiger partial charge in [0.05, 0.1) is 0 Å². The quantitative estimate of drug-likeness (QED) is 0.665. The van der Waals surface area contributed by atoms with Gasteiger partial charge in [0.25, 0.3) is 0 Å². The molecule has 1 N–H and O–H groups in total. The fourth-order valence-corrected chi connectivity index (χ4v) is 4.31. The molecule has 0 unspecified atom stereocenters. The van der Waals surface area contributed by atoms with Crippen molar-refractivity contribution in [3.05, 3.63) is 34.9 Å². The van der Waals surface area contributed by atoms with E-state index < -0.39 is 5.97 Å². The summed E-state index contributed by atoms with van der Waals surface area (Å²) in [7, 11) is 0. The fraction of sp³-hybridized carbons (Fsp3) is 0.421. The lowest BCUT2D eigenvalue weighted by molar-refractivity contribution is -0.138. The molecule has 0 aliphatic carbocycles. The molecule has 2 aliphatic rings. The smallest absolute Gasteiger partial charge is 0.327 e. The molecule has 1 aromatic carbocycles. The Kier molecular flexibility index (Phi) is 4.58. The second kappa shape index (κ2) is 7.28. The van der Waals surface area contributed by atoms with Gasteiger partial charge in [-0.3, -0.25) is 4.79 Å². The van der Waals surface area contributed by atoms with Crippen LogP contribution in [0.25, 0.3) is 11.5 Å². The first-order valence-corrected chi connectivity index (χ1v) is 10.1. The second-order valence-corrected chi connectivity index (χ2v) is 7.98. The average Bonchev–Trinajstić information content (AvgIpc) is 3.38. The number of tetrazole rings is 1. The first-order valence-electron chi connectivity index (χ1n) is 9.69. The monoisotopic (exact) mass is 430 g/mol. The lowest BCUT2D eigenvalue weighted by atomic mass is 9.83. The first-order chi connectivity index (χ1) is 14.5. The number of halogens is 1. The molecule has 11 heteroatoms. The van der Waals surface area contributed by atoms with Gasteiger partial charge in [-0.1, -0.05) is 22.8 Å². The van der Waals surface area contributed by atoms with Crippen LogP contribution in [0.3, 0.4) is 0 Å². The van der Waals surface area contributed by atoms with Crippen molar-refractivity contribution in [3.8, 4) is 17.3 Å². The maximum atomic E-state index is 10.8. The van der Waals surface area contributed by atoms with E-state index in [-0.39, 0.29) is 18.0 Å². The lowest BCUT2D eigenvalue weighted by Gasteiger charge is -2.44. The Balaban J connectivity index is 1.25. The van der Waals surface area contributed by atoms with Crippen LogP contribution in [-0.4, -0.2) is 55.1 Å². The highest BCUT2D eigenvalue weighted by Crippen LogP contribution is 2.42. The molecule has 30 heavy (non-hydrogen) atoms. The highest BCUT2D eigenvalue weighted by atomic mass is 35.5. The van der Waals surface area contributed by atoms with Crippen molar-refractivity contribution in [2.24, 2.45) is 0 Å². The van der Waals surface area contributed by atoms with Crippen molar-refractivity contribution in [3.63, 3.8) is 0 Å². The van der Waals surface area contributed by atoms with E-state index in [9.17, 15) is 4.79 Å². The first kappa shape index (κ1) is 18.9. The summed E-state index contributed by atoms with van der Waals surface area (Å²) in [6.45, 7) is 1.17. The van der Waals surface area contributed by atoms with Gasteiger partial charge in [0.1, 0.15) is 11.4 Å². The van der Waals surface area contributed by atoms with E-state index in [1.807, 2.05) is 18.2 Å². The van der Waals surface area contributed by atoms with E-state index in [0.29, 0.717) is 11.6 Å². The predicted octanol–water partition coefficient (Wildman–Crippen LogP) is 2.43. The minimum absolute atomic E-state index is 0.182. The van der Waals surface area contributed by atoms with Crippen LogP contribution in [0.15, 0.2) is 28.8 Å². The fourth-order valence-electron chi connectivity index (χ4n) is 4.05. The van der Waals surface area contributed by atoms with E-state index in [1.165, 1.54) is 0 Å². The van der Waals surface area contributed by atoms with Crippen LogP contribution in [0, 0.1) is 0 Å². The Bertz CT molecular complexity index is 1090. The molecule has 0 amide bonds. The number of rotatable bonds is 4. The molecular weight excluding hydrogens is 412 g/mol. The maximum absolute atomic E-state index is 10.8. The molecule has 4 heterocycles. The summed E-state index contributed by atoms with van der Waals surface area (Å²) in [5, 5.41) is 25.2. The number of carbonyl (C=O) groups is 1. The van der Waals surface area contributed by atoms with Gasteiger partial charge in [0.2, 0.25) is 11.7 Å². The van der Waals surface area contributed by atoms with Gasteiger partial charge in [0.15, 0.2) is 12.2 Å². The number of nitrogens with zero attached hydrogens (tertiary/aromatic N) is 6. The standard InChI is InChI=1S/C19H19ClN6O4/c20-13-2-1-3-15-12(13)4-5-19(29-15)6-8-25(9-7-19)16-10-14(23-30-16)18-21-24-26(22-18)11-17(27)28/h1-3,10H,4-9,11H2,(H,27,28). The number of ether oxygens (including phenoxy) is 1. The van der Waals surface area contributed by atoms with Crippen molar-refractivity contribution in [1.82, 2.24) is 25.4 Å². The third kappa shape index (κ3) is 3.47. The van der Waals surface area contributed by atoms with Crippen LogP contribution in [0.1, 0.15) is 24.8 Å². The van der Waals surface area contributed by atoms with Gasteiger partial charge >= 0.3 is 5.97 Å². The molecule has 3 aromatic rings. The third-order valence-electron chi connectivity index (χ3n) is 5.68. The Labute approximate surface area is 176 Å². The van der Waals surface area contributed by atoms with Crippen LogP contribution >= 0.6 is 11.6 Å². The average molecular weight is 431 g/mol. The largest absolute Gasteiger partial charge is 0.487 e. The zero-order valence-corrected chi connectivity index (χ0v) is 16.7. The summed E-state index contributed by atoms with van der Waals surface area (Å²) in [4.78, 5) is 13.9. The van der Waals surface area contributed by atoms with Gasteiger partial charge in [-0.05, 0) is 30.2 Å². The number of carboxylic acid groups (broad SMARTS) is 1. The SMILES string of the molecule is O=C(O)Cn1nnc(-c2cc(N3CCC4(CCc5c(Cl)cccc5O4)CC3)on2)n1. The number of carboxylic acids is 1. The number of anilines is 1. The van der Waals surface area contributed by atoms with E-state index in [4.69, 9.17) is 26.0 Å². The molecule has 1 saturated heterocycles. The minimum Gasteiger partial charge on any atom is -0.487 e. The second-order valence-electron chi connectivity index (χ2n) is 7.58. The summed E-state index contributed by atoms with van der Waals surface area (Å²) in [5.74, 6) is 0.689. The van der Waals surface area contributed by atoms with E-state index in [0.717, 1.165) is 59.9 Å². The zero-order valence-electron chi connectivity index (χ0n) is 16.0. The molecule has 1 spiro atoms. The van der Waals surface area contributed by atoms with Crippen molar-refractivity contribution in [2.75, 3.05) is 18.0 Å². The highest BCUT2D eigenvalue weighted by Gasteiger charge is 2.40. The number of piperidine rings is 1. The van der Waals surface area contributed by atoms with Crippen LogP contribution in [0.2, 0.25) is 5.02 Å². The molecule has 10 nitrogen and oxygen atoms in total. The Morgan fingerprint density at radius 1 is 1.27 bits per heavy atom. The van der Waals surface area contributed by atoms with Crippen molar-refractivity contribution < 1.29 is 19.2 Å². The van der Waals surface area contributed by atoms with Crippen molar-refractivity contribution in [2.45, 2.75) is 37.8 Å². The normalized spacial score (nSPS) is 17.6. The molecular formula is C19H19ClN6O4. The maximum Gasteiger partial charge on any atom is 0.327 e. The molecule has 5 rings (SSSR count). The van der Waals surface area contributed by atoms with E-state index in [2.05, 4.69) is 25.5 Å². The molecule has 1 fully saturated rings. The van der Waals surface area contributed by atoms with Gasteiger partial charge in [-0.25, -0.2) is 0 Å². The summed E-state index contributed by atoms with van der Waals surface area (Å²) in [6.07, 6.45) is 3.58. The number of hydrogen-bond acceptors (Lipinski definition) is 8. The van der Waals surface area contributed by atoms with Crippen LogP contribution in [0.5, 0.6) is 5.75 Å². The molecule has 0 radical (unpaired) electrons. The molecule has 156 valence electrons. The van der Waals surface area contributed by atoms with E-state index >= 15 is 0 Å². The number of fused-ring (bicyclic) bond motifs is 1. The van der Waals surface area contributed by atoms with E-state index in [1.54, 1.807) is 6.07 Å². The predicted molar refractivity (Wildman–Crippen MR) is 106 cm³/mol. The van der Waals surface area contributed by atoms with Gasteiger partial charge in [0, 0.05) is 42.6 Å². The number of benzene rings is 1. The summed E-state index contributed by atoms with van der Waals surface area (Å²) < 4.78 is 11.9. The minimum atomic E-state index is -1.04. The van der Waals surface area contributed by atoms with Gasteiger partial charge in [-0.15, -0.1) is 10.2 Å². The molecule has 0 bridgehead atoms. The van der Waals surface area contributed by atoms with Crippen molar-refractivity contribution in [1.29, 1.82) is 0 Å². The van der Waals surface area contributed by atoms with Crippen LogP contribution in [0.4, 0.5) is 5.88 Å². The molecule has 2 aromatic heterocycles. The zero-order chi connectivity index (χ0) is 20.7. The summed E-state index contributed by atoms with van der Waals surface area (Å²) >= 11 is 6.30. The molecule has 0 atom stereocenters. The Morgan fingerprint density at radius 2 is 2.10 bits per heavy atom. The van der Waals surface area contributed by atoms with Gasteiger partial charge in [-0.2, -0.15) is 4.80 Å². The van der Waals surface area contributed by atoms with Gasteiger partial charge < -0.3 is 19.3 Å². The summed E-state index contributed by atoms with van der Waals surface area (Å²) in [6, 6.07) is 7.56. The number of aromatic nitrogens is 5. The van der Waals surface area contributed by atoms with Crippen molar-refractivity contribution >= 4 is 23.5 Å². The Hall–Kier alpha value is -3.14.